The number of aromatic nitrogens is 2. The van der Waals surface area contributed by atoms with Gasteiger partial charge in [-0.25, -0.2) is 4.98 Å². The minimum atomic E-state index is 0.339. The number of aryl methyl sites for hydroxylation is 1. The first-order chi connectivity index (χ1) is 12.7. The number of hydrogen-bond donors (Lipinski definition) is 0. The smallest absolute Gasteiger partial charge is 0.222 e. The maximum atomic E-state index is 12.4. The Morgan fingerprint density at radius 1 is 1.15 bits per heavy atom. The van der Waals surface area contributed by atoms with Crippen molar-refractivity contribution in [2.45, 2.75) is 57.9 Å². The number of likely N-dealkylation sites (tertiary alicyclic amines) is 1. The van der Waals surface area contributed by atoms with Gasteiger partial charge in [0.05, 0.1) is 5.92 Å². The second-order valence-corrected chi connectivity index (χ2v) is 8.01. The lowest BCUT2D eigenvalue weighted by Crippen LogP contribution is -2.49. The molecule has 1 aliphatic heterocycles. The minimum Gasteiger partial charge on any atom is -0.341 e. The van der Waals surface area contributed by atoms with Crippen LogP contribution in [0, 0.1) is 12.8 Å². The number of rotatable bonds is 6. The van der Waals surface area contributed by atoms with E-state index in [-0.39, 0.29) is 0 Å². The van der Waals surface area contributed by atoms with Crippen molar-refractivity contribution in [3.05, 3.63) is 53.6 Å². The maximum Gasteiger partial charge on any atom is 0.222 e. The number of imidazole rings is 1. The van der Waals surface area contributed by atoms with Gasteiger partial charge in [0.1, 0.15) is 5.82 Å². The predicted octanol–water partition coefficient (Wildman–Crippen LogP) is 4.14. The molecule has 1 saturated carbocycles. The number of benzene rings is 1. The van der Waals surface area contributed by atoms with Gasteiger partial charge in [0.15, 0.2) is 0 Å². The van der Waals surface area contributed by atoms with Gasteiger partial charge >= 0.3 is 0 Å². The van der Waals surface area contributed by atoms with E-state index in [0.29, 0.717) is 11.8 Å². The van der Waals surface area contributed by atoms with Gasteiger partial charge in [0, 0.05) is 37.9 Å². The molecule has 1 aromatic carbocycles. The van der Waals surface area contributed by atoms with Crippen LogP contribution in [0.1, 0.15) is 61.5 Å². The van der Waals surface area contributed by atoms with E-state index in [4.69, 9.17) is 0 Å². The van der Waals surface area contributed by atoms with Crippen molar-refractivity contribution in [1.82, 2.24) is 14.5 Å². The molecule has 2 heterocycles. The monoisotopic (exact) mass is 351 g/mol. The van der Waals surface area contributed by atoms with Crippen LogP contribution in [0.25, 0.3) is 0 Å². The van der Waals surface area contributed by atoms with Crippen LogP contribution in [0.2, 0.25) is 0 Å². The zero-order chi connectivity index (χ0) is 17.9. The van der Waals surface area contributed by atoms with Gasteiger partial charge in [-0.1, -0.05) is 56.0 Å². The quantitative estimate of drug-likeness (QED) is 0.784. The number of nitrogens with zero attached hydrogens (tertiary/aromatic N) is 3. The average molecular weight is 351 g/mol. The molecule has 2 aromatic rings. The second-order valence-electron chi connectivity index (χ2n) is 8.01. The zero-order valence-corrected chi connectivity index (χ0v) is 15.7. The highest BCUT2D eigenvalue weighted by molar-refractivity contribution is 5.77. The van der Waals surface area contributed by atoms with Gasteiger partial charge in [-0.2, -0.15) is 0 Å². The summed E-state index contributed by atoms with van der Waals surface area (Å²) in [6.07, 6.45) is 9.14. The van der Waals surface area contributed by atoms with Crippen molar-refractivity contribution in [3.8, 4) is 0 Å². The molecule has 1 aliphatic carbocycles. The van der Waals surface area contributed by atoms with E-state index in [1.807, 2.05) is 17.2 Å². The third kappa shape index (κ3) is 3.69. The van der Waals surface area contributed by atoms with Crippen molar-refractivity contribution in [2.24, 2.45) is 5.92 Å². The third-order valence-corrected chi connectivity index (χ3v) is 6.11. The summed E-state index contributed by atoms with van der Waals surface area (Å²) in [4.78, 5) is 19.1. The molecule has 0 bridgehead atoms. The van der Waals surface area contributed by atoms with E-state index in [2.05, 4.69) is 40.7 Å². The number of carbonyl (C=O) groups excluding carboxylic acids is 1. The summed E-state index contributed by atoms with van der Waals surface area (Å²) in [5.74, 6) is 2.64. The SMILES string of the molecule is Cc1cnc(C2CN(C(=O)CCC3CCCC3)C2)n1Cc1ccccc1. The van der Waals surface area contributed by atoms with E-state index in [1.54, 1.807) is 0 Å². The van der Waals surface area contributed by atoms with Crippen LogP contribution in [0.5, 0.6) is 0 Å². The summed E-state index contributed by atoms with van der Waals surface area (Å²) in [7, 11) is 0. The second kappa shape index (κ2) is 7.65. The van der Waals surface area contributed by atoms with E-state index >= 15 is 0 Å². The Morgan fingerprint density at radius 2 is 1.88 bits per heavy atom. The number of hydrogen-bond acceptors (Lipinski definition) is 2. The van der Waals surface area contributed by atoms with Gasteiger partial charge in [0.25, 0.3) is 0 Å². The maximum absolute atomic E-state index is 12.4. The molecule has 2 aliphatic rings. The molecule has 4 rings (SSSR count). The fourth-order valence-corrected chi connectivity index (χ4v) is 4.41. The summed E-state index contributed by atoms with van der Waals surface area (Å²) in [5.41, 5.74) is 2.48. The number of carbonyl (C=O) groups is 1. The highest BCUT2D eigenvalue weighted by atomic mass is 16.2. The van der Waals surface area contributed by atoms with Crippen molar-refractivity contribution >= 4 is 5.91 Å². The van der Waals surface area contributed by atoms with Crippen LogP contribution in [0.4, 0.5) is 0 Å². The predicted molar refractivity (Wildman–Crippen MR) is 103 cm³/mol. The molecule has 0 atom stereocenters. The lowest BCUT2D eigenvalue weighted by Gasteiger charge is -2.39. The van der Waals surface area contributed by atoms with Crippen LogP contribution in [-0.4, -0.2) is 33.4 Å². The molecule has 1 aromatic heterocycles. The van der Waals surface area contributed by atoms with Crippen molar-refractivity contribution in [1.29, 1.82) is 0 Å². The normalized spacial score (nSPS) is 18.3. The summed E-state index contributed by atoms with van der Waals surface area (Å²) in [5, 5.41) is 0. The lowest BCUT2D eigenvalue weighted by atomic mass is 9.96. The summed E-state index contributed by atoms with van der Waals surface area (Å²) in [6.45, 7) is 4.63. The third-order valence-electron chi connectivity index (χ3n) is 6.11. The Hall–Kier alpha value is -2.10. The Balaban J connectivity index is 1.33. The standard InChI is InChI=1S/C22H29N3O/c1-17-13-23-22(25(17)14-19-9-3-2-4-10-19)20-15-24(16-20)21(26)12-11-18-7-5-6-8-18/h2-4,9-10,13,18,20H,5-8,11-12,14-16H2,1H3. The van der Waals surface area contributed by atoms with Gasteiger partial charge < -0.3 is 9.47 Å². The molecule has 138 valence electrons. The van der Waals surface area contributed by atoms with Gasteiger partial charge in [0.2, 0.25) is 5.91 Å². The summed E-state index contributed by atoms with van der Waals surface area (Å²) < 4.78 is 2.31. The molecule has 4 nitrogen and oxygen atoms in total. The molecule has 4 heteroatoms. The molecular weight excluding hydrogens is 322 g/mol. The average Bonchev–Trinajstić information content (AvgIpc) is 3.25. The first-order valence-electron chi connectivity index (χ1n) is 10.0. The Morgan fingerprint density at radius 3 is 2.62 bits per heavy atom. The lowest BCUT2D eigenvalue weighted by molar-refractivity contribution is -0.136. The Kier molecular flexibility index (Phi) is 5.09. The summed E-state index contributed by atoms with van der Waals surface area (Å²) in [6, 6.07) is 10.5. The van der Waals surface area contributed by atoms with E-state index < -0.39 is 0 Å². The summed E-state index contributed by atoms with van der Waals surface area (Å²) >= 11 is 0. The van der Waals surface area contributed by atoms with Crippen molar-refractivity contribution in [2.75, 3.05) is 13.1 Å². The van der Waals surface area contributed by atoms with Gasteiger partial charge in [-0.3, -0.25) is 4.79 Å². The fraction of sp³-hybridized carbons (Fsp3) is 0.545. The fourth-order valence-electron chi connectivity index (χ4n) is 4.41. The molecule has 0 N–H and O–H groups in total. The van der Waals surface area contributed by atoms with E-state index in [0.717, 1.165) is 44.2 Å². The highest BCUT2D eigenvalue weighted by Crippen LogP contribution is 2.31. The minimum absolute atomic E-state index is 0.339. The van der Waals surface area contributed by atoms with Crippen LogP contribution in [0.15, 0.2) is 36.5 Å². The Bertz CT molecular complexity index is 740. The first-order valence-corrected chi connectivity index (χ1v) is 10.0. The van der Waals surface area contributed by atoms with Gasteiger partial charge in [-0.05, 0) is 24.8 Å². The first kappa shape index (κ1) is 17.3. The van der Waals surface area contributed by atoms with E-state index in [1.165, 1.54) is 36.9 Å². The molecule has 1 saturated heterocycles. The topological polar surface area (TPSA) is 38.1 Å². The van der Waals surface area contributed by atoms with Crippen LogP contribution in [-0.2, 0) is 11.3 Å². The van der Waals surface area contributed by atoms with E-state index in [9.17, 15) is 4.79 Å². The Labute approximate surface area is 156 Å². The van der Waals surface area contributed by atoms with Crippen molar-refractivity contribution < 1.29 is 4.79 Å². The number of amides is 1. The van der Waals surface area contributed by atoms with Crippen molar-refractivity contribution in [3.63, 3.8) is 0 Å². The molecule has 26 heavy (non-hydrogen) atoms. The van der Waals surface area contributed by atoms with Crippen LogP contribution in [0.3, 0.4) is 0 Å². The largest absolute Gasteiger partial charge is 0.341 e. The highest BCUT2D eigenvalue weighted by Gasteiger charge is 2.34. The molecule has 0 unspecified atom stereocenters. The molecule has 2 fully saturated rings. The van der Waals surface area contributed by atoms with Gasteiger partial charge in [-0.15, -0.1) is 0 Å². The molecule has 0 radical (unpaired) electrons. The zero-order valence-electron chi connectivity index (χ0n) is 15.7. The molecule has 0 spiro atoms. The van der Waals surface area contributed by atoms with Crippen LogP contribution < -0.4 is 0 Å². The van der Waals surface area contributed by atoms with Crippen LogP contribution >= 0.6 is 0 Å². The molecular formula is C22H29N3O. The molecule has 1 amide bonds.